The number of methoxy groups -OCH3 is 1. The minimum absolute atomic E-state index is 0.0797. The molecule has 1 aromatic heterocycles. The minimum atomic E-state index is -3.66. The molecule has 168 valence electrons. The maximum atomic E-state index is 13.6. The van der Waals surface area contributed by atoms with Gasteiger partial charge in [0.25, 0.3) is 5.91 Å². The Balaban J connectivity index is 1.84. The van der Waals surface area contributed by atoms with Gasteiger partial charge in [-0.15, -0.1) is 0 Å². The fourth-order valence-corrected chi connectivity index (χ4v) is 5.07. The van der Waals surface area contributed by atoms with Crippen molar-refractivity contribution in [3.63, 3.8) is 0 Å². The summed E-state index contributed by atoms with van der Waals surface area (Å²) >= 11 is 0. The standard InChI is InChI=1S/C24H27N3O4S/c1-15-9-11-20-18(13-15)23(17-7-5-6-8-19(17)25-20)24(28)26-21-14-16(10-12-22(21)31-4)32(29,30)27(2)3/h9-14H,5-8H2,1-4H3,(H,26,28). The third kappa shape index (κ3) is 3.96. The van der Waals surface area contributed by atoms with Crippen LogP contribution in [0.2, 0.25) is 0 Å². The number of nitrogens with one attached hydrogen (secondary N) is 1. The van der Waals surface area contributed by atoms with Gasteiger partial charge in [-0.25, -0.2) is 12.7 Å². The molecule has 3 aromatic rings. The minimum Gasteiger partial charge on any atom is -0.495 e. The van der Waals surface area contributed by atoms with Crippen molar-refractivity contribution in [3.8, 4) is 5.75 Å². The van der Waals surface area contributed by atoms with E-state index in [1.165, 1.54) is 33.3 Å². The number of fused-ring (bicyclic) bond motifs is 2. The van der Waals surface area contributed by atoms with Gasteiger partial charge in [0, 0.05) is 25.2 Å². The van der Waals surface area contributed by atoms with Crippen LogP contribution in [0.4, 0.5) is 5.69 Å². The Labute approximate surface area is 188 Å². The van der Waals surface area contributed by atoms with Gasteiger partial charge >= 0.3 is 0 Å². The lowest BCUT2D eigenvalue weighted by atomic mass is 9.89. The van der Waals surface area contributed by atoms with Crippen LogP contribution < -0.4 is 10.1 Å². The van der Waals surface area contributed by atoms with Crippen LogP contribution in [-0.4, -0.2) is 44.8 Å². The normalized spacial score (nSPS) is 13.8. The van der Waals surface area contributed by atoms with Crippen molar-refractivity contribution in [3.05, 3.63) is 58.8 Å². The number of amides is 1. The fraction of sp³-hybridized carbons (Fsp3) is 0.333. The van der Waals surface area contributed by atoms with Gasteiger partial charge in [0.05, 0.1) is 28.8 Å². The SMILES string of the molecule is COc1ccc(S(=O)(=O)N(C)C)cc1NC(=O)c1c2c(nc3ccc(C)cc13)CCCC2. The van der Waals surface area contributed by atoms with Crippen LogP contribution in [0.1, 0.15) is 40.0 Å². The molecule has 0 fully saturated rings. The summed E-state index contributed by atoms with van der Waals surface area (Å²) in [7, 11) is 0.757. The second kappa shape index (κ2) is 8.52. The van der Waals surface area contributed by atoms with Crippen molar-refractivity contribution in [2.24, 2.45) is 0 Å². The third-order valence-electron chi connectivity index (χ3n) is 5.84. The van der Waals surface area contributed by atoms with Crippen molar-refractivity contribution in [2.75, 3.05) is 26.5 Å². The van der Waals surface area contributed by atoms with Gasteiger partial charge in [-0.2, -0.15) is 0 Å². The number of aromatic nitrogens is 1. The zero-order chi connectivity index (χ0) is 23.0. The van der Waals surface area contributed by atoms with Crippen molar-refractivity contribution < 1.29 is 17.9 Å². The van der Waals surface area contributed by atoms with Crippen LogP contribution in [0, 0.1) is 6.92 Å². The molecule has 1 aliphatic rings. The predicted octanol–water partition coefficient (Wildman–Crippen LogP) is 3.93. The van der Waals surface area contributed by atoms with E-state index in [4.69, 9.17) is 9.72 Å². The molecule has 0 aliphatic heterocycles. The molecule has 0 saturated carbocycles. The van der Waals surface area contributed by atoms with Crippen molar-refractivity contribution in [1.29, 1.82) is 0 Å². The van der Waals surface area contributed by atoms with Crippen LogP contribution in [-0.2, 0) is 22.9 Å². The third-order valence-corrected chi connectivity index (χ3v) is 7.65. The number of carbonyl (C=O) groups excluding carboxylic acids is 1. The number of pyridine rings is 1. The fourth-order valence-electron chi connectivity index (χ4n) is 4.14. The average Bonchev–Trinajstić information content (AvgIpc) is 2.77. The summed E-state index contributed by atoms with van der Waals surface area (Å²) in [5.74, 6) is 0.0957. The molecular formula is C24H27N3O4S. The number of aryl methyl sites for hydroxylation is 2. The Morgan fingerprint density at radius 2 is 1.84 bits per heavy atom. The van der Waals surface area contributed by atoms with Crippen molar-refractivity contribution >= 4 is 32.5 Å². The average molecular weight is 454 g/mol. The number of hydrogen-bond donors (Lipinski definition) is 1. The largest absolute Gasteiger partial charge is 0.495 e. The Morgan fingerprint density at radius 3 is 2.56 bits per heavy atom. The van der Waals surface area contributed by atoms with E-state index in [9.17, 15) is 13.2 Å². The maximum absolute atomic E-state index is 13.6. The maximum Gasteiger partial charge on any atom is 0.256 e. The smallest absolute Gasteiger partial charge is 0.256 e. The molecule has 0 saturated heterocycles. The lowest BCUT2D eigenvalue weighted by Gasteiger charge is -2.21. The highest BCUT2D eigenvalue weighted by Gasteiger charge is 2.25. The summed E-state index contributed by atoms with van der Waals surface area (Å²) < 4.78 is 31.7. The molecule has 7 nitrogen and oxygen atoms in total. The first kappa shape index (κ1) is 22.2. The number of carbonyl (C=O) groups is 1. The van der Waals surface area contributed by atoms with Crippen LogP contribution in [0.5, 0.6) is 5.75 Å². The Hall–Kier alpha value is -2.97. The molecule has 32 heavy (non-hydrogen) atoms. The molecule has 0 radical (unpaired) electrons. The highest BCUT2D eigenvalue weighted by molar-refractivity contribution is 7.89. The number of rotatable bonds is 5. The van der Waals surface area contributed by atoms with Crippen molar-refractivity contribution in [2.45, 2.75) is 37.5 Å². The van der Waals surface area contributed by atoms with Crippen LogP contribution in [0.25, 0.3) is 10.9 Å². The van der Waals surface area contributed by atoms with Gasteiger partial charge in [-0.1, -0.05) is 11.6 Å². The van der Waals surface area contributed by atoms with E-state index in [0.717, 1.165) is 57.7 Å². The monoisotopic (exact) mass is 453 g/mol. The Bertz CT molecular complexity index is 1320. The molecule has 0 spiro atoms. The van der Waals surface area contributed by atoms with E-state index in [2.05, 4.69) is 5.32 Å². The van der Waals surface area contributed by atoms with E-state index < -0.39 is 10.0 Å². The van der Waals surface area contributed by atoms with E-state index in [1.54, 1.807) is 6.07 Å². The van der Waals surface area contributed by atoms with Gasteiger partial charge in [-0.05, 0) is 68.5 Å². The molecule has 0 bridgehead atoms. The van der Waals surface area contributed by atoms with Gasteiger partial charge in [-0.3, -0.25) is 9.78 Å². The van der Waals surface area contributed by atoms with Crippen LogP contribution in [0.3, 0.4) is 0 Å². The lowest BCUT2D eigenvalue weighted by Crippen LogP contribution is -2.23. The van der Waals surface area contributed by atoms with Gasteiger partial charge in [0.1, 0.15) is 5.75 Å². The first-order chi connectivity index (χ1) is 15.2. The van der Waals surface area contributed by atoms with E-state index in [1.807, 2.05) is 25.1 Å². The summed E-state index contributed by atoms with van der Waals surface area (Å²) in [5, 5.41) is 3.72. The molecule has 0 atom stereocenters. The topological polar surface area (TPSA) is 88.6 Å². The summed E-state index contributed by atoms with van der Waals surface area (Å²) in [6.07, 6.45) is 3.70. The van der Waals surface area contributed by atoms with Crippen LogP contribution in [0.15, 0.2) is 41.3 Å². The Kier molecular flexibility index (Phi) is 5.92. The lowest BCUT2D eigenvalue weighted by molar-refractivity contribution is 0.102. The molecule has 2 aromatic carbocycles. The summed E-state index contributed by atoms with van der Waals surface area (Å²) in [6, 6.07) is 10.4. The number of hydrogen-bond acceptors (Lipinski definition) is 5. The first-order valence-corrected chi connectivity index (χ1v) is 12.0. The molecule has 1 amide bonds. The second-order valence-electron chi connectivity index (χ2n) is 8.24. The highest BCUT2D eigenvalue weighted by atomic mass is 32.2. The van der Waals surface area contributed by atoms with Crippen LogP contribution >= 0.6 is 0 Å². The number of nitrogens with zero attached hydrogens (tertiary/aromatic N) is 2. The number of ether oxygens (including phenoxy) is 1. The summed E-state index contributed by atoms with van der Waals surface area (Å²) in [5.41, 5.74) is 4.69. The second-order valence-corrected chi connectivity index (χ2v) is 10.4. The Morgan fingerprint density at radius 1 is 1.09 bits per heavy atom. The number of anilines is 1. The molecule has 4 rings (SSSR count). The summed E-state index contributed by atoms with van der Waals surface area (Å²) in [6.45, 7) is 1.99. The molecule has 1 heterocycles. The molecular weight excluding hydrogens is 426 g/mol. The zero-order valence-electron chi connectivity index (χ0n) is 18.7. The number of sulfonamides is 1. The first-order valence-electron chi connectivity index (χ1n) is 10.6. The van der Waals surface area contributed by atoms with Gasteiger partial charge < -0.3 is 10.1 Å². The molecule has 0 unspecified atom stereocenters. The molecule has 1 aliphatic carbocycles. The van der Waals surface area contributed by atoms with Crippen molar-refractivity contribution in [1.82, 2.24) is 9.29 Å². The van der Waals surface area contributed by atoms with Gasteiger partial charge in [0.15, 0.2) is 0 Å². The van der Waals surface area contributed by atoms with Gasteiger partial charge in [0.2, 0.25) is 10.0 Å². The van der Waals surface area contributed by atoms with E-state index in [0.29, 0.717) is 17.0 Å². The predicted molar refractivity (Wildman–Crippen MR) is 125 cm³/mol. The van der Waals surface area contributed by atoms with E-state index in [-0.39, 0.29) is 10.8 Å². The summed E-state index contributed by atoms with van der Waals surface area (Å²) in [4.78, 5) is 18.5. The highest BCUT2D eigenvalue weighted by Crippen LogP contribution is 2.33. The zero-order valence-corrected chi connectivity index (χ0v) is 19.5. The van der Waals surface area contributed by atoms with E-state index >= 15 is 0 Å². The molecule has 1 N–H and O–H groups in total. The quantitative estimate of drug-likeness (QED) is 0.632. The molecule has 8 heteroatoms. The number of benzene rings is 2.